The number of ether oxygens (including phenoxy) is 2. The minimum absolute atomic E-state index is 0.0467. The second kappa shape index (κ2) is 9.17. The SMILES string of the molecule is COc1ccc(CNC(=O)N2CCCC(c3nnc(-c4ccsc4)o3)C2)cc1OC. The van der Waals surface area contributed by atoms with Gasteiger partial charge in [-0.15, -0.1) is 10.2 Å². The highest BCUT2D eigenvalue weighted by Gasteiger charge is 2.28. The maximum Gasteiger partial charge on any atom is 0.317 e. The van der Waals surface area contributed by atoms with Gasteiger partial charge < -0.3 is 24.1 Å². The predicted octanol–water partition coefficient (Wildman–Crippen LogP) is 3.90. The minimum atomic E-state index is -0.105. The minimum Gasteiger partial charge on any atom is -0.493 e. The van der Waals surface area contributed by atoms with E-state index in [0.29, 0.717) is 42.9 Å². The average Bonchev–Trinajstić information content (AvgIpc) is 3.49. The van der Waals surface area contributed by atoms with Gasteiger partial charge in [-0.25, -0.2) is 4.79 Å². The summed E-state index contributed by atoms with van der Waals surface area (Å²) in [4.78, 5) is 14.5. The number of hydrogen-bond donors (Lipinski definition) is 1. The van der Waals surface area contributed by atoms with Gasteiger partial charge in [-0.3, -0.25) is 0 Å². The van der Waals surface area contributed by atoms with E-state index in [1.807, 2.05) is 39.9 Å². The van der Waals surface area contributed by atoms with Crippen LogP contribution in [0, 0.1) is 0 Å². The summed E-state index contributed by atoms with van der Waals surface area (Å²) in [6.45, 7) is 1.67. The molecule has 1 unspecified atom stereocenters. The van der Waals surface area contributed by atoms with E-state index in [1.165, 1.54) is 0 Å². The zero-order chi connectivity index (χ0) is 20.9. The summed E-state index contributed by atoms with van der Waals surface area (Å²) in [6.07, 6.45) is 1.81. The van der Waals surface area contributed by atoms with E-state index in [4.69, 9.17) is 13.9 Å². The van der Waals surface area contributed by atoms with E-state index in [0.717, 1.165) is 24.0 Å². The third-order valence-electron chi connectivity index (χ3n) is 5.16. The van der Waals surface area contributed by atoms with Gasteiger partial charge >= 0.3 is 6.03 Å². The van der Waals surface area contributed by atoms with Crippen molar-refractivity contribution >= 4 is 17.4 Å². The van der Waals surface area contributed by atoms with Gasteiger partial charge in [0.05, 0.1) is 20.1 Å². The molecule has 8 nitrogen and oxygen atoms in total. The van der Waals surface area contributed by atoms with Crippen molar-refractivity contribution in [1.29, 1.82) is 0 Å². The lowest BCUT2D eigenvalue weighted by atomic mass is 9.98. The molecule has 0 spiro atoms. The number of nitrogens with one attached hydrogen (secondary N) is 1. The molecule has 0 saturated carbocycles. The summed E-state index contributed by atoms with van der Waals surface area (Å²) in [6, 6.07) is 7.45. The summed E-state index contributed by atoms with van der Waals surface area (Å²) in [7, 11) is 3.19. The Kier molecular flexibility index (Phi) is 6.18. The Hall–Kier alpha value is -3.07. The number of piperidine rings is 1. The number of urea groups is 1. The quantitative estimate of drug-likeness (QED) is 0.640. The van der Waals surface area contributed by atoms with Gasteiger partial charge in [0, 0.05) is 30.6 Å². The Bertz CT molecular complexity index is 989. The fraction of sp³-hybridized carbons (Fsp3) is 0.381. The highest BCUT2D eigenvalue weighted by atomic mass is 32.1. The average molecular weight is 429 g/mol. The van der Waals surface area contributed by atoms with E-state index in [1.54, 1.807) is 25.6 Å². The monoisotopic (exact) mass is 428 g/mol. The highest BCUT2D eigenvalue weighted by Crippen LogP contribution is 2.30. The van der Waals surface area contributed by atoms with E-state index in [9.17, 15) is 4.79 Å². The van der Waals surface area contributed by atoms with E-state index >= 15 is 0 Å². The molecule has 1 atom stereocenters. The second-order valence-corrected chi connectivity index (χ2v) is 7.87. The lowest BCUT2D eigenvalue weighted by Gasteiger charge is -2.31. The first kappa shape index (κ1) is 20.2. The molecule has 158 valence electrons. The maximum absolute atomic E-state index is 12.7. The first-order chi connectivity index (χ1) is 14.7. The number of carbonyl (C=O) groups is 1. The smallest absolute Gasteiger partial charge is 0.317 e. The molecule has 1 aliphatic rings. The Morgan fingerprint density at radius 2 is 2.13 bits per heavy atom. The lowest BCUT2D eigenvalue weighted by molar-refractivity contribution is 0.174. The molecule has 3 heterocycles. The Balaban J connectivity index is 1.36. The molecule has 2 amide bonds. The Labute approximate surface area is 178 Å². The third kappa shape index (κ3) is 4.40. The number of rotatable bonds is 6. The van der Waals surface area contributed by atoms with Crippen LogP contribution in [0.25, 0.3) is 11.5 Å². The van der Waals surface area contributed by atoms with Gasteiger partial charge in [0.1, 0.15) is 0 Å². The maximum atomic E-state index is 12.7. The number of hydrogen-bond acceptors (Lipinski definition) is 7. The van der Waals surface area contributed by atoms with Crippen LogP contribution in [0.1, 0.15) is 30.2 Å². The Morgan fingerprint density at radius 1 is 1.27 bits per heavy atom. The fourth-order valence-electron chi connectivity index (χ4n) is 3.55. The van der Waals surface area contributed by atoms with Crippen molar-refractivity contribution in [2.45, 2.75) is 25.3 Å². The molecule has 1 saturated heterocycles. The molecule has 3 aromatic rings. The molecule has 0 bridgehead atoms. The zero-order valence-electron chi connectivity index (χ0n) is 17.0. The highest BCUT2D eigenvalue weighted by molar-refractivity contribution is 7.08. The Morgan fingerprint density at radius 3 is 2.90 bits per heavy atom. The van der Waals surface area contributed by atoms with Gasteiger partial charge in [-0.2, -0.15) is 11.3 Å². The fourth-order valence-corrected chi connectivity index (χ4v) is 4.18. The molecule has 1 N–H and O–H groups in total. The van der Waals surface area contributed by atoms with Crippen LogP contribution in [0.4, 0.5) is 4.79 Å². The summed E-state index contributed by atoms with van der Waals surface area (Å²) in [5.74, 6) is 2.47. The molecule has 9 heteroatoms. The van der Waals surface area contributed by atoms with Gasteiger partial charge in [0.15, 0.2) is 11.5 Å². The van der Waals surface area contributed by atoms with Crippen LogP contribution >= 0.6 is 11.3 Å². The number of likely N-dealkylation sites (tertiary alicyclic amines) is 1. The number of aromatic nitrogens is 2. The number of methoxy groups -OCH3 is 2. The number of nitrogens with zero attached hydrogens (tertiary/aromatic N) is 3. The lowest BCUT2D eigenvalue weighted by Crippen LogP contribution is -2.44. The van der Waals surface area contributed by atoms with Crippen molar-refractivity contribution in [3.05, 3.63) is 46.5 Å². The first-order valence-electron chi connectivity index (χ1n) is 9.77. The third-order valence-corrected chi connectivity index (χ3v) is 5.84. The molecule has 0 radical (unpaired) electrons. The molecule has 2 aromatic heterocycles. The first-order valence-corrected chi connectivity index (χ1v) is 10.7. The summed E-state index contributed by atoms with van der Waals surface area (Å²) >= 11 is 1.59. The number of amides is 2. The van der Waals surface area contributed by atoms with Crippen LogP contribution in [-0.4, -0.2) is 48.4 Å². The molecule has 1 aliphatic heterocycles. The van der Waals surface area contributed by atoms with Crippen LogP contribution < -0.4 is 14.8 Å². The van der Waals surface area contributed by atoms with Crippen molar-refractivity contribution in [1.82, 2.24) is 20.4 Å². The summed E-state index contributed by atoms with van der Waals surface area (Å²) < 4.78 is 16.4. The predicted molar refractivity (Wildman–Crippen MR) is 113 cm³/mol. The second-order valence-electron chi connectivity index (χ2n) is 7.09. The van der Waals surface area contributed by atoms with Crippen molar-refractivity contribution in [3.63, 3.8) is 0 Å². The van der Waals surface area contributed by atoms with Crippen LogP contribution in [-0.2, 0) is 6.54 Å². The number of carbonyl (C=O) groups excluding carboxylic acids is 1. The molecular weight excluding hydrogens is 404 g/mol. The van der Waals surface area contributed by atoms with Crippen LogP contribution in [0.5, 0.6) is 11.5 Å². The van der Waals surface area contributed by atoms with E-state index in [2.05, 4.69) is 15.5 Å². The summed E-state index contributed by atoms with van der Waals surface area (Å²) in [5, 5.41) is 15.3. The van der Waals surface area contributed by atoms with Crippen molar-refractivity contribution in [2.24, 2.45) is 0 Å². The summed E-state index contributed by atoms with van der Waals surface area (Å²) in [5.41, 5.74) is 1.87. The van der Waals surface area contributed by atoms with Gasteiger partial charge in [0.2, 0.25) is 11.8 Å². The van der Waals surface area contributed by atoms with Crippen molar-refractivity contribution in [3.8, 4) is 23.0 Å². The zero-order valence-corrected chi connectivity index (χ0v) is 17.8. The normalized spacial score (nSPS) is 16.3. The molecular formula is C21H24N4O4S. The molecule has 0 aliphatic carbocycles. The largest absolute Gasteiger partial charge is 0.493 e. The van der Waals surface area contributed by atoms with Crippen LogP contribution in [0.2, 0.25) is 0 Å². The standard InChI is InChI=1S/C21H24N4O4S/c1-27-17-6-5-14(10-18(17)28-2)11-22-21(26)25-8-3-4-15(12-25)19-23-24-20(29-19)16-7-9-30-13-16/h5-7,9-10,13,15H,3-4,8,11-12H2,1-2H3,(H,22,26). The van der Waals surface area contributed by atoms with E-state index < -0.39 is 0 Å². The van der Waals surface area contributed by atoms with Crippen molar-refractivity contribution in [2.75, 3.05) is 27.3 Å². The van der Waals surface area contributed by atoms with Gasteiger partial charge in [-0.05, 0) is 42.0 Å². The molecule has 4 rings (SSSR count). The topological polar surface area (TPSA) is 89.7 Å². The van der Waals surface area contributed by atoms with Crippen molar-refractivity contribution < 1.29 is 18.7 Å². The molecule has 1 aromatic carbocycles. The van der Waals surface area contributed by atoms with Gasteiger partial charge in [-0.1, -0.05) is 6.07 Å². The number of thiophene rings is 1. The number of benzene rings is 1. The van der Waals surface area contributed by atoms with Crippen LogP contribution in [0.15, 0.2) is 39.4 Å². The molecule has 30 heavy (non-hydrogen) atoms. The molecule has 1 fully saturated rings. The van der Waals surface area contributed by atoms with Gasteiger partial charge in [0.25, 0.3) is 0 Å². The van der Waals surface area contributed by atoms with Crippen LogP contribution in [0.3, 0.4) is 0 Å². The van der Waals surface area contributed by atoms with E-state index in [-0.39, 0.29) is 11.9 Å².